The summed E-state index contributed by atoms with van der Waals surface area (Å²) >= 11 is 0. The maximum atomic E-state index is 12.8. The van der Waals surface area contributed by atoms with Crippen LogP contribution in [0, 0.1) is 0 Å². The number of ether oxygens (including phenoxy) is 3. The fourth-order valence-corrected chi connectivity index (χ4v) is 7.33. The van der Waals surface area contributed by atoms with Crippen LogP contribution in [0.1, 0.15) is 265 Å². The predicted molar refractivity (Wildman–Crippen MR) is 261 cm³/mol. The molecule has 0 aromatic carbocycles. The molecule has 0 radical (unpaired) electrons. The molecule has 1 atom stereocenters. The number of hydrogen-bond acceptors (Lipinski definition) is 6. The van der Waals surface area contributed by atoms with Crippen LogP contribution in [0.2, 0.25) is 0 Å². The molecular weight excluding hydrogens is 757 g/mol. The van der Waals surface area contributed by atoms with E-state index >= 15 is 0 Å². The van der Waals surface area contributed by atoms with Gasteiger partial charge in [-0.3, -0.25) is 14.4 Å². The van der Waals surface area contributed by atoms with Gasteiger partial charge in [-0.2, -0.15) is 0 Å². The third-order valence-electron chi connectivity index (χ3n) is 11.3. The van der Waals surface area contributed by atoms with Gasteiger partial charge in [-0.1, -0.05) is 211 Å². The normalized spacial score (nSPS) is 12.4. The van der Waals surface area contributed by atoms with E-state index < -0.39 is 6.10 Å². The summed E-state index contributed by atoms with van der Waals surface area (Å²) in [6.07, 6.45) is 59.5. The lowest BCUT2D eigenvalue weighted by atomic mass is 10.0. The summed E-state index contributed by atoms with van der Waals surface area (Å²) in [5, 5.41) is 0. The van der Waals surface area contributed by atoms with E-state index in [2.05, 4.69) is 69.4 Å². The van der Waals surface area contributed by atoms with Crippen LogP contribution in [0.4, 0.5) is 0 Å². The lowest BCUT2D eigenvalue weighted by Crippen LogP contribution is -2.30. The summed E-state index contributed by atoms with van der Waals surface area (Å²) in [7, 11) is 0. The average molecular weight is 855 g/mol. The molecule has 0 fully saturated rings. The van der Waals surface area contributed by atoms with E-state index in [1.54, 1.807) is 0 Å². The first-order valence-corrected chi connectivity index (χ1v) is 26.1. The Balaban J connectivity index is 4.42. The molecule has 0 aliphatic heterocycles. The molecule has 0 bridgehead atoms. The van der Waals surface area contributed by atoms with Crippen molar-refractivity contribution in [3.63, 3.8) is 0 Å². The number of unbranched alkanes of at least 4 members (excludes halogenated alkanes) is 28. The van der Waals surface area contributed by atoms with Crippen LogP contribution in [0.5, 0.6) is 0 Å². The maximum Gasteiger partial charge on any atom is 0.306 e. The van der Waals surface area contributed by atoms with Crippen LogP contribution in [-0.4, -0.2) is 37.2 Å². The highest BCUT2D eigenvalue weighted by atomic mass is 16.6. The summed E-state index contributed by atoms with van der Waals surface area (Å²) in [6, 6.07) is 0. The van der Waals surface area contributed by atoms with E-state index in [1.165, 1.54) is 141 Å². The first-order valence-electron chi connectivity index (χ1n) is 26.1. The highest BCUT2D eigenvalue weighted by Crippen LogP contribution is 2.15. The van der Waals surface area contributed by atoms with Crippen molar-refractivity contribution < 1.29 is 28.6 Å². The molecule has 0 heterocycles. The Kier molecular flexibility index (Phi) is 47.9. The molecule has 0 aromatic heterocycles. The van der Waals surface area contributed by atoms with Gasteiger partial charge in [-0.25, -0.2) is 0 Å². The van der Waals surface area contributed by atoms with Gasteiger partial charge >= 0.3 is 17.9 Å². The summed E-state index contributed by atoms with van der Waals surface area (Å²) in [5.74, 6) is -0.927. The molecular formula is C55H98O6. The number of rotatable bonds is 47. The Morgan fingerprint density at radius 1 is 0.328 bits per heavy atom. The summed E-state index contributed by atoms with van der Waals surface area (Å²) in [4.78, 5) is 37.9. The lowest BCUT2D eigenvalue weighted by molar-refractivity contribution is -0.167. The molecule has 0 aromatic rings. The number of carbonyl (C=O) groups excluding carboxylic acids is 3. The van der Waals surface area contributed by atoms with Crippen molar-refractivity contribution in [2.24, 2.45) is 0 Å². The van der Waals surface area contributed by atoms with Crippen LogP contribution >= 0.6 is 0 Å². The van der Waals surface area contributed by atoms with Gasteiger partial charge in [-0.15, -0.1) is 0 Å². The smallest absolute Gasteiger partial charge is 0.306 e. The first kappa shape index (κ1) is 58.4. The second-order valence-corrected chi connectivity index (χ2v) is 17.4. The summed E-state index contributed by atoms with van der Waals surface area (Å²) < 4.78 is 16.8. The Morgan fingerprint density at radius 3 is 1.02 bits per heavy atom. The third-order valence-corrected chi connectivity index (χ3v) is 11.3. The Labute approximate surface area is 378 Å². The van der Waals surface area contributed by atoms with E-state index in [4.69, 9.17) is 14.2 Å². The topological polar surface area (TPSA) is 78.9 Å². The Morgan fingerprint density at radius 2 is 0.590 bits per heavy atom. The largest absolute Gasteiger partial charge is 0.462 e. The van der Waals surface area contributed by atoms with Crippen LogP contribution in [0.25, 0.3) is 0 Å². The molecule has 0 aliphatic carbocycles. The highest BCUT2D eigenvalue weighted by Gasteiger charge is 2.19. The number of hydrogen-bond donors (Lipinski definition) is 0. The number of carbonyl (C=O) groups is 3. The van der Waals surface area contributed by atoms with Gasteiger partial charge in [0.1, 0.15) is 13.2 Å². The summed E-state index contributed by atoms with van der Waals surface area (Å²) in [6.45, 7) is 6.57. The molecule has 354 valence electrons. The second-order valence-electron chi connectivity index (χ2n) is 17.4. The Hall–Kier alpha value is -2.63. The van der Waals surface area contributed by atoms with Gasteiger partial charge in [0.2, 0.25) is 0 Å². The molecule has 0 rings (SSSR count). The standard InChI is InChI=1S/C55H98O6/c1-4-7-10-13-16-19-22-25-27-30-32-35-38-41-44-47-53(56)59-50-52(61-55(58)49-46-43-40-37-34-29-24-21-18-15-12-9-6-3)51-60-54(57)48-45-42-39-36-33-31-28-26-23-20-17-14-11-8-5-2/h16,19,21,24-25,27,32,35,52H,4-15,17-18,20,22-23,26,28-31,33-34,36-51H2,1-3H3/b19-16-,24-21-,27-25-,35-32-/t52-/m1/s1. The molecule has 6 nitrogen and oxygen atoms in total. The van der Waals surface area contributed by atoms with Gasteiger partial charge in [0, 0.05) is 19.3 Å². The summed E-state index contributed by atoms with van der Waals surface area (Å²) in [5.41, 5.74) is 0. The minimum atomic E-state index is -0.789. The van der Waals surface area contributed by atoms with Gasteiger partial charge in [0.25, 0.3) is 0 Å². The minimum Gasteiger partial charge on any atom is -0.462 e. The molecule has 0 unspecified atom stereocenters. The van der Waals surface area contributed by atoms with E-state index in [-0.39, 0.29) is 31.1 Å². The predicted octanol–water partition coefficient (Wildman–Crippen LogP) is 17.1. The number of allylic oxidation sites excluding steroid dienone is 8. The van der Waals surface area contributed by atoms with Crippen LogP contribution in [0.3, 0.4) is 0 Å². The zero-order valence-electron chi connectivity index (χ0n) is 40.4. The van der Waals surface area contributed by atoms with E-state index in [1.807, 2.05) is 0 Å². The van der Waals surface area contributed by atoms with E-state index in [0.717, 1.165) is 83.5 Å². The average Bonchev–Trinajstić information content (AvgIpc) is 3.26. The SMILES string of the molecule is CCCCC/C=C\C/C=C\C/C=C\CCCCC(=O)OC[C@H](COC(=O)CCCCCCCCCCCCCCCCC)OC(=O)CCCCCCC/C=C\CCCCCC. The van der Waals surface area contributed by atoms with Gasteiger partial charge < -0.3 is 14.2 Å². The van der Waals surface area contributed by atoms with Crippen LogP contribution in [0.15, 0.2) is 48.6 Å². The highest BCUT2D eigenvalue weighted by molar-refractivity contribution is 5.71. The first-order chi connectivity index (χ1) is 30.0. The maximum absolute atomic E-state index is 12.8. The third kappa shape index (κ3) is 48.3. The van der Waals surface area contributed by atoms with Gasteiger partial charge in [-0.05, 0) is 83.5 Å². The van der Waals surface area contributed by atoms with Crippen molar-refractivity contribution >= 4 is 17.9 Å². The van der Waals surface area contributed by atoms with Crippen LogP contribution < -0.4 is 0 Å². The molecule has 0 amide bonds. The van der Waals surface area contributed by atoms with Gasteiger partial charge in [0.05, 0.1) is 0 Å². The van der Waals surface area contributed by atoms with Crippen molar-refractivity contribution in [3.8, 4) is 0 Å². The van der Waals surface area contributed by atoms with Crippen molar-refractivity contribution in [1.82, 2.24) is 0 Å². The Bertz CT molecular complexity index is 1070. The fraction of sp³-hybridized carbons (Fsp3) is 0.800. The quantitative estimate of drug-likeness (QED) is 0.0263. The number of esters is 3. The van der Waals surface area contributed by atoms with Crippen molar-refractivity contribution in [1.29, 1.82) is 0 Å². The zero-order chi connectivity index (χ0) is 44.4. The fourth-order valence-electron chi connectivity index (χ4n) is 7.33. The van der Waals surface area contributed by atoms with Crippen molar-refractivity contribution in [2.75, 3.05) is 13.2 Å². The molecule has 0 spiro atoms. The van der Waals surface area contributed by atoms with Crippen LogP contribution in [-0.2, 0) is 28.6 Å². The van der Waals surface area contributed by atoms with E-state index in [9.17, 15) is 14.4 Å². The monoisotopic (exact) mass is 855 g/mol. The van der Waals surface area contributed by atoms with Crippen molar-refractivity contribution in [3.05, 3.63) is 48.6 Å². The van der Waals surface area contributed by atoms with Crippen molar-refractivity contribution in [2.45, 2.75) is 271 Å². The lowest BCUT2D eigenvalue weighted by Gasteiger charge is -2.18. The molecule has 0 saturated carbocycles. The van der Waals surface area contributed by atoms with E-state index in [0.29, 0.717) is 19.3 Å². The molecule has 0 N–H and O–H groups in total. The molecule has 0 saturated heterocycles. The molecule has 61 heavy (non-hydrogen) atoms. The molecule has 6 heteroatoms. The zero-order valence-corrected chi connectivity index (χ0v) is 40.4. The van der Waals surface area contributed by atoms with Gasteiger partial charge in [0.15, 0.2) is 6.10 Å². The molecule has 0 aliphatic rings. The second kappa shape index (κ2) is 50.0. The minimum absolute atomic E-state index is 0.0861.